The van der Waals surface area contributed by atoms with Crippen molar-refractivity contribution in [1.82, 2.24) is 9.62 Å². The van der Waals surface area contributed by atoms with Crippen molar-refractivity contribution in [2.24, 2.45) is 0 Å². The maximum Gasteiger partial charge on any atom is 0.244 e. The van der Waals surface area contributed by atoms with Crippen LogP contribution in [0.15, 0.2) is 23.1 Å². The van der Waals surface area contributed by atoms with Gasteiger partial charge in [0.25, 0.3) is 0 Å². The molecule has 1 aromatic carbocycles. The van der Waals surface area contributed by atoms with Crippen molar-refractivity contribution in [2.75, 3.05) is 18.8 Å². The molecule has 3 N–H and O–H groups in total. The van der Waals surface area contributed by atoms with Crippen LogP contribution < -0.4 is 11.1 Å². The van der Waals surface area contributed by atoms with E-state index in [9.17, 15) is 13.2 Å². The quantitative estimate of drug-likeness (QED) is 0.814. The van der Waals surface area contributed by atoms with Crippen LogP contribution in [0.3, 0.4) is 0 Å². The predicted octanol–water partition coefficient (Wildman–Crippen LogP) is 1.21. The average molecular weight is 332 g/mol. The zero-order valence-corrected chi connectivity index (χ0v) is 13.2. The number of nitrogens with two attached hydrogens (primary N) is 1. The molecule has 0 spiro atoms. The molecule has 0 atom stereocenters. The molecule has 0 unspecified atom stereocenters. The molecule has 0 saturated carbocycles. The van der Waals surface area contributed by atoms with Crippen molar-refractivity contribution in [3.8, 4) is 0 Å². The summed E-state index contributed by atoms with van der Waals surface area (Å²) in [4.78, 5) is 11.0. The van der Waals surface area contributed by atoms with E-state index in [0.29, 0.717) is 31.6 Å². The van der Waals surface area contributed by atoms with Gasteiger partial charge >= 0.3 is 0 Å². The summed E-state index contributed by atoms with van der Waals surface area (Å²) in [6, 6.07) is 4.43. The van der Waals surface area contributed by atoms with Gasteiger partial charge in [0.05, 0.1) is 5.02 Å². The summed E-state index contributed by atoms with van der Waals surface area (Å²) in [5.74, 6) is -0.102. The van der Waals surface area contributed by atoms with E-state index in [4.69, 9.17) is 17.3 Å². The Morgan fingerprint density at radius 3 is 2.57 bits per heavy atom. The van der Waals surface area contributed by atoms with Gasteiger partial charge in [0, 0.05) is 31.7 Å². The third-order valence-electron chi connectivity index (χ3n) is 3.43. The minimum Gasteiger partial charge on any atom is -0.399 e. The fourth-order valence-corrected chi connectivity index (χ4v) is 4.36. The van der Waals surface area contributed by atoms with Crippen LogP contribution in [0.25, 0.3) is 0 Å². The Hall–Kier alpha value is -1.31. The van der Waals surface area contributed by atoms with Crippen LogP contribution in [0, 0.1) is 0 Å². The molecule has 0 aromatic heterocycles. The molecule has 1 saturated heterocycles. The highest BCUT2D eigenvalue weighted by molar-refractivity contribution is 7.89. The maximum atomic E-state index is 12.6. The predicted molar refractivity (Wildman–Crippen MR) is 81.5 cm³/mol. The largest absolute Gasteiger partial charge is 0.399 e. The summed E-state index contributed by atoms with van der Waals surface area (Å²) in [5.41, 5.74) is 5.99. The van der Waals surface area contributed by atoms with Crippen molar-refractivity contribution >= 4 is 33.2 Å². The second-order valence-corrected chi connectivity index (χ2v) is 7.38. The minimum atomic E-state index is -3.66. The number of nitrogens with one attached hydrogen (secondary N) is 1. The second kappa shape index (κ2) is 6.21. The van der Waals surface area contributed by atoms with Gasteiger partial charge in [-0.1, -0.05) is 11.6 Å². The van der Waals surface area contributed by atoms with Crippen LogP contribution in [-0.4, -0.2) is 37.8 Å². The van der Waals surface area contributed by atoms with E-state index in [0.717, 1.165) is 0 Å². The first-order valence-corrected chi connectivity index (χ1v) is 8.45. The van der Waals surface area contributed by atoms with Gasteiger partial charge in [-0.2, -0.15) is 4.31 Å². The number of nitrogens with zero attached hydrogens (tertiary/aromatic N) is 1. The number of carbonyl (C=O) groups is 1. The van der Waals surface area contributed by atoms with Crippen LogP contribution in [0.1, 0.15) is 19.8 Å². The molecular weight excluding hydrogens is 314 g/mol. The fourth-order valence-electron chi connectivity index (χ4n) is 2.38. The van der Waals surface area contributed by atoms with Crippen molar-refractivity contribution in [3.63, 3.8) is 0 Å². The van der Waals surface area contributed by atoms with Crippen LogP contribution in [0.5, 0.6) is 0 Å². The lowest BCUT2D eigenvalue weighted by molar-refractivity contribution is -0.119. The van der Waals surface area contributed by atoms with Gasteiger partial charge in [0.15, 0.2) is 0 Å². The summed E-state index contributed by atoms with van der Waals surface area (Å²) in [6.45, 7) is 2.15. The number of halogens is 1. The van der Waals surface area contributed by atoms with Gasteiger partial charge in [0.1, 0.15) is 4.90 Å². The fraction of sp³-hybridized carbons (Fsp3) is 0.462. The molecule has 1 amide bonds. The molecule has 0 bridgehead atoms. The van der Waals surface area contributed by atoms with E-state index in [-0.39, 0.29) is 21.9 Å². The summed E-state index contributed by atoms with van der Waals surface area (Å²) < 4.78 is 26.6. The van der Waals surface area contributed by atoms with Crippen LogP contribution in [0.2, 0.25) is 5.02 Å². The van der Waals surface area contributed by atoms with Crippen LogP contribution in [-0.2, 0) is 14.8 Å². The number of benzene rings is 1. The molecular formula is C13H18ClN3O3S. The highest BCUT2D eigenvalue weighted by Crippen LogP contribution is 2.28. The second-order valence-electron chi connectivity index (χ2n) is 5.07. The lowest BCUT2D eigenvalue weighted by Gasteiger charge is -2.31. The highest BCUT2D eigenvalue weighted by atomic mass is 35.5. The molecule has 6 nitrogen and oxygen atoms in total. The molecule has 0 radical (unpaired) electrons. The first-order valence-electron chi connectivity index (χ1n) is 6.63. The Labute approximate surface area is 129 Å². The van der Waals surface area contributed by atoms with Gasteiger partial charge in [-0.25, -0.2) is 8.42 Å². The van der Waals surface area contributed by atoms with E-state index in [1.807, 2.05) is 0 Å². The zero-order chi connectivity index (χ0) is 15.6. The third-order valence-corrected chi connectivity index (χ3v) is 5.81. The molecule has 21 heavy (non-hydrogen) atoms. The lowest BCUT2D eigenvalue weighted by Crippen LogP contribution is -2.46. The van der Waals surface area contributed by atoms with E-state index in [1.165, 1.54) is 23.4 Å². The average Bonchev–Trinajstić information content (AvgIpc) is 2.41. The van der Waals surface area contributed by atoms with E-state index in [1.54, 1.807) is 6.07 Å². The number of anilines is 1. The van der Waals surface area contributed by atoms with Crippen LogP contribution in [0.4, 0.5) is 5.69 Å². The molecule has 2 rings (SSSR count). The number of sulfonamides is 1. The SMILES string of the molecule is CC(=O)NC1CCN(S(=O)(=O)c2cc(N)ccc2Cl)CC1. The number of carbonyl (C=O) groups excluding carboxylic acids is 1. The van der Waals surface area contributed by atoms with Crippen molar-refractivity contribution in [2.45, 2.75) is 30.7 Å². The molecule has 8 heteroatoms. The molecule has 0 aliphatic carbocycles. The highest BCUT2D eigenvalue weighted by Gasteiger charge is 2.31. The standard InChI is InChI=1S/C13H18ClN3O3S/c1-9(18)16-11-4-6-17(7-5-11)21(19,20)13-8-10(15)2-3-12(13)14/h2-3,8,11H,4-7,15H2,1H3,(H,16,18). The molecule has 1 aliphatic rings. The van der Waals surface area contributed by atoms with Gasteiger partial charge in [0.2, 0.25) is 15.9 Å². The molecule has 116 valence electrons. The van der Waals surface area contributed by atoms with Gasteiger partial charge in [-0.05, 0) is 31.0 Å². The van der Waals surface area contributed by atoms with Gasteiger partial charge in [-0.3, -0.25) is 4.79 Å². The number of nitrogen functional groups attached to an aromatic ring is 1. The normalized spacial score (nSPS) is 17.6. The number of hydrogen-bond donors (Lipinski definition) is 2. The summed E-state index contributed by atoms with van der Waals surface area (Å²) >= 11 is 5.98. The number of piperidine rings is 1. The number of hydrogen-bond acceptors (Lipinski definition) is 4. The Bertz CT molecular complexity index is 640. The summed E-state index contributed by atoms with van der Waals surface area (Å²) in [5, 5.41) is 2.97. The lowest BCUT2D eigenvalue weighted by atomic mass is 10.1. The van der Waals surface area contributed by atoms with Crippen molar-refractivity contribution in [1.29, 1.82) is 0 Å². The van der Waals surface area contributed by atoms with Crippen LogP contribution >= 0.6 is 11.6 Å². The first-order chi connectivity index (χ1) is 9.80. The van der Waals surface area contributed by atoms with E-state index < -0.39 is 10.0 Å². The Morgan fingerprint density at radius 2 is 2.00 bits per heavy atom. The van der Waals surface area contributed by atoms with E-state index >= 15 is 0 Å². The first kappa shape index (κ1) is 16.1. The summed E-state index contributed by atoms with van der Waals surface area (Å²) in [6.07, 6.45) is 1.16. The number of rotatable bonds is 3. The Balaban J connectivity index is 2.15. The molecule has 1 fully saturated rings. The zero-order valence-electron chi connectivity index (χ0n) is 11.7. The maximum absolute atomic E-state index is 12.6. The molecule has 1 aliphatic heterocycles. The molecule has 1 heterocycles. The van der Waals surface area contributed by atoms with Gasteiger partial charge in [-0.15, -0.1) is 0 Å². The number of amides is 1. The third kappa shape index (κ3) is 3.66. The topological polar surface area (TPSA) is 92.5 Å². The minimum absolute atomic E-state index is 0.0188. The summed E-state index contributed by atoms with van der Waals surface area (Å²) in [7, 11) is -3.66. The Kier molecular flexibility index (Phi) is 4.75. The van der Waals surface area contributed by atoms with E-state index in [2.05, 4.69) is 5.32 Å². The van der Waals surface area contributed by atoms with Crippen molar-refractivity contribution in [3.05, 3.63) is 23.2 Å². The van der Waals surface area contributed by atoms with Gasteiger partial charge < -0.3 is 11.1 Å². The monoisotopic (exact) mass is 331 g/mol. The molecule has 1 aromatic rings. The smallest absolute Gasteiger partial charge is 0.244 e. The van der Waals surface area contributed by atoms with Crippen molar-refractivity contribution < 1.29 is 13.2 Å². The Morgan fingerprint density at radius 1 is 1.38 bits per heavy atom.